The zero-order valence-electron chi connectivity index (χ0n) is 7.63. The van der Waals surface area contributed by atoms with Crippen LogP contribution < -0.4 is 0 Å². The third kappa shape index (κ3) is 2.44. The molecular weight excluding hydrogens is 205 g/mol. The number of ether oxygens (including phenoxy) is 1. The van der Waals surface area contributed by atoms with E-state index in [4.69, 9.17) is 21.6 Å². The van der Waals surface area contributed by atoms with Gasteiger partial charge in [-0.2, -0.15) is 5.26 Å². The first-order valence-electron chi connectivity index (χ1n) is 4.15. The summed E-state index contributed by atoms with van der Waals surface area (Å²) in [5.74, 6) is -0.497. The minimum Gasteiger partial charge on any atom is -0.359 e. The molecule has 1 atom stereocenters. The van der Waals surface area contributed by atoms with Crippen LogP contribution in [0.25, 0.3) is 0 Å². The lowest BCUT2D eigenvalue weighted by Crippen LogP contribution is -2.01. The van der Waals surface area contributed by atoms with Crippen LogP contribution in [0.5, 0.6) is 0 Å². The monoisotopic (exact) mass is 213 g/mol. The van der Waals surface area contributed by atoms with E-state index in [0.717, 1.165) is 0 Å². The molecule has 1 unspecified atom stereocenters. The van der Waals surface area contributed by atoms with Crippen LogP contribution in [-0.4, -0.2) is 6.61 Å². The standard InChI is InChI=1S/C10H9ClFNO/c1-2-14-10(6-13)7-3-4-9(12)8(11)5-7/h3-5,10H,2H2,1H3. The number of halogens is 2. The lowest BCUT2D eigenvalue weighted by atomic mass is 10.1. The van der Waals surface area contributed by atoms with Crippen molar-refractivity contribution in [1.82, 2.24) is 0 Å². The molecule has 0 aliphatic heterocycles. The summed E-state index contributed by atoms with van der Waals surface area (Å²) in [6.07, 6.45) is -0.682. The molecule has 0 bridgehead atoms. The van der Waals surface area contributed by atoms with Gasteiger partial charge in [0.25, 0.3) is 0 Å². The molecule has 0 heterocycles. The molecule has 0 N–H and O–H groups in total. The molecule has 0 aliphatic carbocycles. The fourth-order valence-electron chi connectivity index (χ4n) is 1.05. The first-order chi connectivity index (χ1) is 6.69. The second-order valence-electron chi connectivity index (χ2n) is 2.64. The maximum absolute atomic E-state index is 12.8. The number of hydrogen-bond acceptors (Lipinski definition) is 2. The summed E-state index contributed by atoms with van der Waals surface area (Å²) in [5, 5.41) is 8.76. The largest absolute Gasteiger partial charge is 0.359 e. The number of rotatable bonds is 3. The average Bonchev–Trinajstić information content (AvgIpc) is 2.19. The first-order valence-corrected chi connectivity index (χ1v) is 4.53. The Morgan fingerprint density at radius 1 is 1.64 bits per heavy atom. The molecule has 1 rings (SSSR count). The first kappa shape index (κ1) is 11.0. The normalized spacial score (nSPS) is 12.1. The lowest BCUT2D eigenvalue weighted by molar-refractivity contribution is 0.102. The van der Waals surface area contributed by atoms with Crippen molar-refractivity contribution in [3.8, 4) is 6.07 Å². The summed E-state index contributed by atoms with van der Waals surface area (Å²) in [6.45, 7) is 2.21. The Bertz CT molecular complexity index is 362. The highest BCUT2D eigenvalue weighted by atomic mass is 35.5. The summed E-state index contributed by atoms with van der Waals surface area (Å²) >= 11 is 5.58. The van der Waals surface area contributed by atoms with E-state index in [9.17, 15) is 4.39 Å². The van der Waals surface area contributed by atoms with Crippen molar-refractivity contribution in [3.63, 3.8) is 0 Å². The molecule has 0 fully saturated rings. The second-order valence-corrected chi connectivity index (χ2v) is 3.05. The minimum absolute atomic E-state index is 0.00227. The van der Waals surface area contributed by atoms with Crippen LogP contribution in [0.2, 0.25) is 5.02 Å². The number of nitrogens with zero attached hydrogens (tertiary/aromatic N) is 1. The molecule has 0 saturated carbocycles. The predicted octanol–water partition coefficient (Wildman–Crippen LogP) is 3.08. The van der Waals surface area contributed by atoms with Crippen LogP contribution in [0.15, 0.2) is 18.2 Å². The van der Waals surface area contributed by atoms with Gasteiger partial charge < -0.3 is 4.74 Å². The van der Waals surface area contributed by atoms with E-state index < -0.39 is 11.9 Å². The van der Waals surface area contributed by atoms with Gasteiger partial charge in [0.1, 0.15) is 5.82 Å². The summed E-state index contributed by atoms with van der Waals surface area (Å²) in [6, 6.07) is 6.08. The molecular formula is C10H9ClFNO. The van der Waals surface area contributed by atoms with Crippen LogP contribution in [0.4, 0.5) is 4.39 Å². The Balaban J connectivity index is 2.95. The Kier molecular flexibility index (Phi) is 3.87. The summed E-state index contributed by atoms with van der Waals surface area (Å²) in [4.78, 5) is 0. The van der Waals surface area contributed by atoms with E-state index in [1.807, 2.05) is 6.07 Å². The van der Waals surface area contributed by atoms with Crippen molar-refractivity contribution in [3.05, 3.63) is 34.6 Å². The van der Waals surface area contributed by atoms with Gasteiger partial charge in [-0.15, -0.1) is 0 Å². The number of nitriles is 1. The third-order valence-corrected chi connectivity index (χ3v) is 1.99. The molecule has 0 amide bonds. The maximum Gasteiger partial charge on any atom is 0.169 e. The van der Waals surface area contributed by atoms with Gasteiger partial charge in [0, 0.05) is 6.61 Å². The molecule has 0 saturated heterocycles. The molecule has 1 aromatic rings. The third-order valence-electron chi connectivity index (χ3n) is 1.70. The quantitative estimate of drug-likeness (QED) is 0.773. The van der Waals surface area contributed by atoms with Crippen LogP contribution in [-0.2, 0) is 4.74 Å². The fraction of sp³-hybridized carbons (Fsp3) is 0.300. The van der Waals surface area contributed by atoms with Crippen LogP contribution in [0, 0.1) is 17.1 Å². The Hall–Kier alpha value is -1.11. The fourth-order valence-corrected chi connectivity index (χ4v) is 1.24. The van der Waals surface area contributed by atoms with E-state index >= 15 is 0 Å². The van der Waals surface area contributed by atoms with E-state index in [0.29, 0.717) is 12.2 Å². The maximum atomic E-state index is 12.8. The minimum atomic E-state index is -0.682. The van der Waals surface area contributed by atoms with Crippen molar-refractivity contribution >= 4 is 11.6 Å². The highest BCUT2D eigenvalue weighted by Crippen LogP contribution is 2.22. The summed E-state index contributed by atoms with van der Waals surface area (Å²) < 4.78 is 17.9. The predicted molar refractivity (Wildman–Crippen MR) is 51.4 cm³/mol. The Morgan fingerprint density at radius 2 is 2.36 bits per heavy atom. The number of benzene rings is 1. The van der Waals surface area contributed by atoms with Gasteiger partial charge in [-0.05, 0) is 24.6 Å². The molecule has 2 nitrogen and oxygen atoms in total. The van der Waals surface area contributed by atoms with Crippen LogP contribution in [0.3, 0.4) is 0 Å². The van der Waals surface area contributed by atoms with Gasteiger partial charge in [-0.1, -0.05) is 17.7 Å². The second kappa shape index (κ2) is 4.94. The topological polar surface area (TPSA) is 33.0 Å². The van der Waals surface area contributed by atoms with Crippen LogP contribution >= 0.6 is 11.6 Å². The zero-order chi connectivity index (χ0) is 10.6. The summed E-state index contributed by atoms with van der Waals surface area (Å²) in [7, 11) is 0. The molecule has 0 spiro atoms. The van der Waals surface area contributed by atoms with Gasteiger partial charge in [-0.3, -0.25) is 0 Å². The molecule has 74 valence electrons. The van der Waals surface area contributed by atoms with Crippen LogP contribution in [0.1, 0.15) is 18.6 Å². The van der Waals surface area contributed by atoms with Crippen molar-refractivity contribution in [2.75, 3.05) is 6.61 Å². The molecule has 0 aliphatic rings. The summed E-state index contributed by atoms with van der Waals surface area (Å²) in [5.41, 5.74) is 0.570. The SMILES string of the molecule is CCOC(C#N)c1ccc(F)c(Cl)c1. The van der Waals surface area contributed by atoms with Crippen molar-refractivity contribution in [2.45, 2.75) is 13.0 Å². The zero-order valence-corrected chi connectivity index (χ0v) is 8.38. The molecule has 0 aromatic heterocycles. The lowest BCUT2D eigenvalue weighted by Gasteiger charge is -2.09. The molecule has 0 radical (unpaired) electrons. The van der Waals surface area contributed by atoms with Gasteiger partial charge in [0.15, 0.2) is 6.10 Å². The van der Waals surface area contributed by atoms with E-state index in [1.165, 1.54) is 18.2 Å². The van der Waals surface area contributed by atoms with Crippen molar-refractivity contribution in [1.29, 1.82) is 5.26 Å². The molecule has 14 heavy (non-hydrogen) atoms. The van der Waals surface area contributed by atoms with E-state index in [1.54, 1.807) is 6.92 Å². The van der Waals surface area contributed by atoms with Gasteiger partial charge in [0.05, 0.1) is 11.1 Å². The van der Waals surface area contributed by atoms with Gasteiger partial charge in [0.2, 0.25) is 0 Å². The Morgan fingerprint density at radius 3 is 2.86 bits per heavy atom. The highest BCUT2D eigenvalue weighted by molar-refractivity contribution is 6.30. The van der Waals surface area contributed by atoms with Gasteiger partial charge in [-0.25, -0.2) is 4.39 Å². The molecule has 4 heteroatoms. The van der Waals surface area contributed by atoms with Gasteiger partial charge >= 0.3 is 0 Å². The average molecular weight is 214 g/mol. The van der Waals surface area contributed by atoms with Crippen molar-refractivity contribution in [2.24, 2.45) is 0 Å². The van der Waals surface area contributed by atoms with E-state index in [-0.39, 0.29) is 5.02 Å². The smallest absolute Gasteiger partial charge is 0.169 e. The Labute approximate surface area is 86.9 Å². The van der Waals surface area contributed by atoms with E-state index in [2.05, 4.69) is 0 Å². The number of hydrogen-bond donors (Lipinski definition) is 0. The molecule has 1 aromatic carbocycles. The highest BCUT2D eigenvalue weighted by Gasteiger charge is 2.11. The van der Waals surface area contributed by atoms with Crippen molar-refractivity contribution < 1.29 is 9.13 Å².